The van der Waals surface area contributed by atoms with Gasteiger partial charge in [-0.2, -0.15) is 0 Å². The number of phenolic OH excluding ortho intramolecular Hbond substituents is 2. The van der Waals surface area contributed by atoms with Gasteiger partial charge in [0, 0.05) is 11.4 Å². The van der Waals surface area contributed by atoms with Crippen LogP contribution in [-0.4, -0.2) is 47.7 Å². The summed E-state index contributed by atoms with van der Waals surface area (Å²) in [7, 11) is -9.42. The van der Waals surface area contributed by atoms with Crippen LogP contribution in [0.1, 0.15) is 43.0 Å². The van der Waals surface area contributed by atoms with E-state index in [9.17, 15) is 45.7 Å². The van der Waals surface area contributed by atoms with Crippen molar-refractivity contribution in [3.8, 4) is 11.5 Å². The van der Waals surface area contributed by atoms with Crippen LogP contribution >= 0.6 is 0 Å². The van der Waals surface area contributed by atoms with E-state index in [0.717, 1.165) is 24.3 Å². The molecule has 1 aliphatic carbocycles. The summed E-state index contributed by atoms with van der Waals surface area (Å²) < 4.78 is 68.3. The Bertz CT molecular complexity index is 1930. The quantitative estimate of drug-likeness (QED) is 0.0902. The number of aromatic hydroxyl groups is 2. The molecule has 12 nitrogen and oxygen atoms in total. The van der Waals surface area contributed by atoms with Gasteiger partial charge in [0.1, 0.15) is 31.7 Å². The Balaban J connectivity index is 0.00000264. The van der Waals surface area contributed by atoms with Crippen molar-refractivity contribution in [3.05, 3.63) is 94.0 Å². The fraction of sp³-hybridized carbons (Fsp3) is 0.0714. The van der Waals surface area contributed by atoms with Crippen LogP contribution < -0.4 is 48.4 Å². The third-order valence-corrected chi connectivity index (χ3v) is 8.45. The van der Waals surface area contributed by atoms with Gasteiger partial charge < -0.3 is 30.0 Å². The zero-order valence-corrected chi connectivity index (χ0v) is 25.4. The first-order valence-electron chi connectivity index (χ1n) is 12.1. The number of anilines is 4. The van der Waals surface area contributed by atoms with Crippen molar-refractivity contribution in [2.75, 3.05) is 10.6 Å². The molecule has 0 heterocycles. The minimum Gasteiger partial charge on any atom is -0.744 e. The van der Waals surface area contributed by atoms with Crippen molar-refractivity contribution in [1.29, 1.82) is 0 Å². The molecule has 0 aliphatic heterocycles. The van der Waals surface area contributed by atoms with Gasteiger partial charge in [0.15, 0.2) is 0 Å². The Labute approximate surface area is 276 Å². The fourth-order valence-electron chi connectivity index (χ4n) is 4.73. The molecule has 0 saturated heterocycles. The molecule has 1 aliphatic rings. The van der Waals surface area contributed by atoms with Gasteiger partial charge in [0.25, 0.3) is 0 Å². The second kappa shape index (κ2) is 12.4. The number of phenols is 2. The second-order valence-electron chi connectivity index (χ2n) is 9.53. The summed E-state index contributed by atoms with van der Waals surface area (Å²) in [6, 6.07) is 12.1. The molecule has 0 radical (unpaired) electrons. The predicted octanol–water partition coefficient (Wildman–Crippen LogP) is -2.21. The largest absolute Gasteiger partial charge is 1.00 e. The Hall–Kier alpha value is -3.57. The smallest absolute Gasteiger partial charge is 0.744 e. The molecule has 16 heteroatoms. The second-order valence-corrected chi connectivity index (χ2v) is 12.3. The first-order chi connectivity index (χ1) is 19.6. The molecule has 0 aromatic heterocycles. The number of rotatable bonds is 6. The monoisotopic (exact) mass is 622 g/mol. The van der Waals surface area contributed by atoms with E-state index in [1.165, 1.54) is 50.2 Å². The summed E-state index contributed by atoms with van der Waals surface area (Å²) in [5.74, 6) is -2.64. The molecule has 44 heavy (non-hydrogen) atoms. The maximum Gasteiger partial charge on any atom is 1.00 e. The molecule has 5 rings (SSSR count). The summed E-state index contributed by atoms with van der Waals surface area (Å²) in [4.78, 5) is 26.7. The van der Waals surface area contributed by atoms with Crippen molar-refractivity contribution in [1.82, 2.24) is 0 Å². The molecule has 4 N–H and O–H groups in total. The van der Waals surface area contributed by atoms with E-state index >= 15 is 0 Å². The van der Waals surface area contributed by atoms with Crippen LogP contribution in [-0.2, 0) is 20.2 Å². The molecule has 0 amide bonds. The minimum absolute atomic E-state index is 0. The van der Waals surface area contributed by atoms with Crippen molar-refractivity contribution >= 4 is 54.6 Å². The van der Waals surface area contributed by atoms with Crippen LogP contribution in [0.4, 0.5) is 22.7 Å². The molecular weight excluding hydrogens is 602 g/mol. The summed E-state index contributed by atoms with van der Waals surface area (Å²) >= 11 is 0. The third-order valence-electron chi connectivity index (χ3n) is 6.79. The van der Waals surface area contributed by atoms with Crippen molar-refractivity contribution < 1.29 is 83.5 Å². The Morgan fingerprint density at radius 2 is 0.864 bits per heavy atom. The number of hydrogen-bond donors (Lipinski definition) is 4. The first kappa shape index (κ1) is 34.9. The van der Waals surface area contributed by atoms with Gasteiger partial charge in [-0.25, -0.2) is 16.8 Å². The van der Waals surface area contributed by atoms with Gasteiger partial charge in [-0.3, -0.25) is 9.59 Å². The van der Waals surface area contributed by atoms with E-state index in [4.69, 9.17) is 0 Å². The van der Waals surface area contributed by atoms with Gasteiger partial charge in [0.05, 0.1) is 43.4 Å². The van der Waals surface area contributed by atoms with Crippen LogP contribution in [0.2, 0.25) is 0 Å². The van der Waals surface area contributed by atoms with Gasteiger partial charge in [-0.05, 0) is 85.6 Å². The van der Waals surface area contributed by atoms with E-state index in [1.54, 1.807) is 0 Å². The van der Waals surface area contributed by atoms with Crippen molar-refractivity contribution in [2.45, 2.75) is 23.6 Å². The van der Waals surface area contributed by atoms with Gasteiger partial charge >= 0.3 is 37.7 Å². The molecule has 0 fully saturated rings. The number of fused-ring (bicyclic) bond motifs is 2. The molecular formula is C28H20Li2N2O10S2. The van der Waals surface area contributed by atoms with Gasteiger partial charge in [-0.15, -0.1) is 0 Å². The normalized spacial score (nSPS) is 12.4. The molecule has 0 atom stereocenters. The van der Waals surface area contributed by atoms with Crippen molar-refractivity contribution in [3.63, 3.8) is 0 Å². The Morgan fingerprint density at radius 3 is 1.16 bits per heavy atom. The average Bonchev–Trinajstić information content (AvgIpc) is 2.90. The van der Waals surface area contributed by atoms with Gasteiger partial charge in [0.2, 0.25) is 11.6 Å². The number of hydrogen-bond acceptors (Lipinski definition) is 12. The zero-order chi connectivity index (χ0) is 30.7. The van der Waals surface area contributed by atoms with Crippen LogP contribution in [0.3, 0.4) is 0 Å². The molecule has 4 aromatic rings. The molecule has 0 spiro atoms. The molecule has 4 aromatic carbocycles. The van der Waals surface area contributed by atoms with E-state index in [0.29, 0.717) is 22.5 Å². The summed E-state index contributed by atoms with van der Waals surface area (Å²) in [5, 5.41) is 27.2. The van der Waals surface area contributed by atoms with Crippen LogP contribution in [0.5, 0.6) is 11.5 Å². The van der Waals surface area contributed by atoms with E-state index in [1.807, 2.05) is 0 Å². The average molecular weight is 622 g/mol. The van der Waals surface area contributed by atoms with E-state index < -0.39 is 53.1 Å². The van der Waals surface area contributed by atoms with Crippen LogP contribution in [0.15, 0.2) is 70.5 Å². The number of carbonyl (C=O) groups is 2. The summed E-state index contributed by atoms with van der Waals surface area (Å²) in [5.41, 5.74) is 0.209. The number of carbonyl (C=O) groups excluding carboxylic acids is 2. The molecule has 0 unspecified atom stereocenters. The van der Waals surface area contributed by atoms with Gasteiger partial charge in [-0.1, -0.05) is 0 Å². The zero-order valence-electron chi connectivity index (χ0n) is 23.8. The fourth-order valence-corrected chi connectivity index (χ4v) is 5.84. The third kappa shape index (κ3) is 6.30. The van der Waals surface area contributed by atoms with Crippen molar-refractivity contribution in [2.24, 2.45) is 0 Å². The van der Waals surface area contributed by atoms with Crippen LogP contribution in [0, 0.1) is 13.8 Å². The molecule has 0 saturated carbocycles. The number of benzene rings is 4. The summed E-state index contributed by atoms with van der Waals surface area (Å²) in [6.07, 6.45) is 0. The summed E-state index contributed by atoms with van der Waals surface area (Å²) in [6.45, 7) is 3.05. The Kier molecular flexibility index (Phi) is 9.87. The first-order valence-corrected chi connectivity index (χ1v) is 14.9. The molecule has 0 bridgehead atoms. The van der Waals surface area contributed by atoms with Crippen LogP contribution in [0.25, 0.3) is 0 Å². The number of nitrogens with one attached hydrogen (secondary N) is 2. The maximum atomic E-state index is 13.8. The number of aryl methyl sites for hydroxylation is 2. The predicted molar refractivity (Wildman–Crippen MR) is 148 cm³/mol. The maximum absolute atomic E-state index is 13.8. The topological polar surface area (TPSA) is 213 Å². The molecule has 216 valence electrons. The SMILES string of the molecule is Cc1cc(S(=O)(=O)[O-])ccc1Nc1ccc(O)c2c1C(=O)c1c(O)ccc(Nc3ccc(S(=O)(=O)[O-])cc3C)c1C2=O.[Li+].[Li+]. The standard InChI is InChI=1S/C28H22N2O10S2.2Li/c1-13-11-15(41(35,36)37)3-5-17(13)29-19-7-9-21(31)25-23(19)27(33)26-22(32)10-8-20(24(26)28(25)34)30-18-6-4-16(12-14(18)2)42(38,39)40;;/h3-12,29-32H,1-2H3,(H,35,36,37)(H,38,39,40);;/q;2*+1/p-2. The van der Waals surface area contributed by atoms with E-state index in [-0.39, 0.29) is 71.3 Å². The number of ketones is 2. The Morgan fingerprint density at radius 1 is 0.545 bits per heavy atom. The minimum atomic E-state index is -4.71. The van der Waals surface area contributed by atoms with E-state index in [2.05, 4.69) is 10.6 Å².